The van der Waals surface area contributed by atoms with Crippen LogP contribution >= 0.6 is 0 Å². The van der Waals surface area contributed by atoms with Crippen molar-refractivity contribution in [2.45, 2.75) is 47.6 Å². The third-order valence-corrected chi connectivity index (χ3v) is 2.13. The molecular formula is C11H21NO2. The second kappa shape index (κ2) is 4.58. The molecule has 0 atom stereocenters. The number of Topliss-reactive ketones (excluding diaryl/α,β-unsaturated/α-hetero) is 1. The van der Waals surface area contributed by atoms with Crippen molar-refractivity contribution in [3.05, 3.63) is 0 Å². The van der Waals surface area contributed by atoms with Crippen LogP contribution in [0, 0.1) is 11.3 Å². The molecule has 82 valence electrons. The van der Waals surface area contributed by atoms with Crippen molar-refractivity contribution in [1.29, 1.82) is 0 Å². The van der Waals surface area contributed by atoms with Crippen LogP contribution < -0.4 is 5.32 Å². The van der Waals surface area contributed by atoms with Crippen LogP contribution in [0.2, 0.25) is 0 Å². The van der Waals surface area contributed by atoms with Crippen molar-refractivity contribution in [3.8, 4) is 0 Å². The molecule has 0 aliphatic heterocycles. The minimum atomic E-state index is -0.918. The summed E-state index contributed by atoms with van der Waals surface area (Å²) in [5.41, 5.74) is -0.918. The van der Waals surface area contributed by atoms with Gasteiger partial charge in [0.25, 0.3) is 0 Å². The highest BCUT2D eigenvalue weighted by Crippen LogP contribution is 2.21. The number of carbonyl (C=O) groups is 2. The molecule has 0 aromatic rings. The summed E-state index contributed by atoms with van der Waals surface area (Å²) in [5, 5.41) is 2.76. The van der Waals surface area contributed by atoms with E-state index in [9.17, 15) is 9.59 Å². The largest absolute Gasteiger partial charge is 0.353 e. The van der Waals surface area contributed by atoms with Crippen LogP contribution in [0.15, 0.2) is 0 Å². The number of amides is 1. The Labute approximate surface area is 86.3 Å². The minimum absolute atomic E-state index is 0.0179. The zero-order chi connectivity index (χ0) is 11.5. The maximum Gasteiger partial charge on any atom is 0.233 e. The van der Waals surface area contributed by atoms with Crippen molar-refractivity contribution in [2.75, 3.05) is 0 Å². The molecule has 1 N–H and O–H groups in total. The number of hydrogen-bond acceptors (Lipinski definition) is 2. The number of ketones is 1. The Balaban J connectivity index is 4.61. The molecule has 0 heterocycles. The Morgan fingerprint density at radius 3 is 1.79 bits per heavy atom. The number of hydrogen-bond donors (Lipinski definition) is 1. The van der Waals surface area contributed by atoms with E-state index in [4.69, 9.17) is 0 Å². The van der Waals surface area contributed by atoms with E-state index in [-0.39, 0.29) is 23.7 Å². The van der Waals surface area contributed by atoms with Gasteiger partial charge in [-0.25, -0.2) is 0 Å². The lowest BCUT2D eigenvalue weighted by Gasteiger charge is -2.25. The fourth-order valence-electron chi connectivity index (χ4n) is 1.28. The molecule has 0 radical (unpaired) electrons. The van der Waals surface area contributed by atoms with E-state index < -0.39 is 5.41 Å². The van der Waals surface area contributed by atoms with Gasteiger partial charge in [-0.05, 0) is 27.7 Å². The fraction of sp³-hybridized carbons (Fsp3) is 0.818. The van der Waals surface area contributed by atoms with E-state index >= 15 is 0 Å². The topological polar surface area (TPSA) is 46.2 Å². The van der Waals surface area contributed by atoms with Crippen molar-refractivity contribution < 1.29 is 9.59 Å². The second-order valence-corrected chi connectivity index (χ2v) is 4.77. The summed E-state index contributed by atoms with van der Waals surface area (Å²) < 4.78 is 0. The van der Waals surface area contributed by atoms with E-state index in [1.54, 1.807) is 13.8 Å². The lowest BCUT2D eigenvalue weighted by atomic mass is 9.81. The van der Waals surface area contributed by atoms with Gasteiger partial charge in [0.15, 0.2) is 0 Å². The van der Waals surface area contributed by atoms with Gasteiger partial charge in [-0.1, -0.05) is 13.8 Å². The molecule has 0 spiro atoms. The van der Waals surface area contributed by atoms with E-state index in [1.165, 1.54) is 0 Å². The highest BCUT2D eigenvalue weighted by atomic mass is 16.2. The Bertz CT molecular complexity index is 229. The molecule has 0 rings (SSSR count). The number of rotatable bonds is 4. The van der Waals surface area contributed by atoms with Gasteiger partial charge in [0.2, 0.25) is 5.91 Å². The van der Waals surface area contributed by atoms with E-state index in [0.717, 1.165) is 0 Å². The van der Waals surface area contributed by atoms with Crippen LogP contribution in [0.3, 0.4) is 0 Å². The van der Waals surface area contributed by atoms with Crippen LogP contribution in [-0.2, 0) is 9.59 Å². The Morgan fingerprint density at radius 1 is 1.07 bits per heavy atom. The van der Waals surface area contributed by atoms with Gasteiger partial charge in [0, 0.05) is 12.0 Å². The molecule has 0 aliphatic rings. The zero-order valence-electron chi connectivity index (χ0n) is 9.97. The first-order valence-electron chi connectivity index (χ1n) is 5.04. The molecule has 14 heavy (non-hydrogen) atoms. The minimum Gasteiger partial charge on any atom is -0.353 e. The number of carbonyl (C=O) groups excluding carboxylic acids is 2. The molecule has 0 aliphatic carbocycles. The van der Waals surface area contributed by atoms with E-state index in [1.807, 2.05) is 27.7 Å². The van der Waals surface area contributed by atoms with Gasteiger partial charge in [0.05, 0.1) is 0 Å². The molecule has 3 heteroatoms. The summed E-state index contributed by atoms with van der Waals surface area (Å²) >= 11 is 0. The van der Waals surface area contributed by atoms with Crippen molar-refractivity contribution >= 4 is 11.7 Å². The first-order chi connectivity index (χ1) is 6.19. The SMILES string of the molecule is CC(C)NC(=O)C(C)(C)C(=O)C(C)C. The summed E-state index contributed by atoms with van der Waals surface area (Å²) in [6.45, 7) is 10.7. The molecule has 0 bridgehead atoms. The predicted octanol–water partition coefficient (Wildman–Crippen LogP) is 1.76. The lowest BCUT2D eigenvalue weighted by Crippen LogP contribution is -2.46. The van der Waals surface area contributed by atoms with Gasteiger partial charge >= 0.3 is 0 Å². The highest BCUT2D eigenvalue weighted by Gasteiger charge is 2.37. The monoisotopic (exact) mass is 199 g/mol. The van der Waals surface area contributed by atoms with Crippen molar-refractivity contribution in [1.82, 2.24) is 5.32 Å². The Kier molecular flexibility index (Phi) is 4.30. The average Bonchev–Trinajstić information content (AvgIpc) is 2.01. The van der Waals surface area contributed by atoms with Crippen LogP contribution in [0.5, 0.6) is 0 Å². The third kappa shape index (κ3) is 3.13. The van der Waals surface area contributed by atoms with Gasteiger partial charge < -0.3 is 5.32 Å². The Hall–Kier alpha value is -0.860. The lowest BCUT2D eigenvalue weighted by molar-refractivity contribution is -0.142. The summed E-state index contributed by atoms with van der Waals surface area (Å²) in [5.74, 6) is -0.315. The molecule has 0 unspecified atom stereocenters. The second-order valence-electron chi connectivity index (χ2n) is 4.77. The summed E-state index contributed by atoms with van der Waals surface area (Å²) in [4.78, 5) is 23.4. The molecular weight excluding hydrogens is 178 g/mol. The quantitative estimate of drug-likeness (QED) is 0.701. The molecule has 1 amide bonds. The molecule has 3 nitrogen and oxygen atoms in total. The predicted molar refractivity (Wildman–Crippen MR) is 56.9 cm³/mol. The standard InChI is InChI=1S/C11H21NO2/c1-7(2)9(13)11(5,6)10(14)12-8(3)4/h7-8H,1-6H3,(H,12,14). The summed E-state index contributed by atoms with van der Waals surface area (Å²) in [7, 11) is 0. The van der Waals surface area contributed by atoms with E-state index in [2.05, 4.69) is 5.32 Å². The van der Waals surface area contributed by atoms with Crippen LogP contribution in [-0.4, -0.2) is 17.7 Å². The summed E-state index contributed by atoms with van der Waals surface area (Å²) in [6.07, 6.45) is 0. The van der Waals surface area contributed by atoms with Crippen molar-refractivity contribution in [3.63, 3.8) is 0 Å². The highest BCUT2D eigenvalue weighted by molar-refractivity contribution is 6.05. The van der Waals surface area contributed by atoms with Gasteiger partial charge in [-0.2, -0.15) is 0 Å². The Morgan fingerprint density at radius 2 is 1.50 bits per heavy atom. The summed E-state index contributed by atoms with van der Waals surface area (Å²) in [6, 6.07) is 0.0711. The maximum atomic E-state index is 11.7. The normalized spacial score (nSPS) is 12.0. The molecule has 0 fully saturated rings. The first kappa shape index (κ1) is 13.1. The first-order valence-corrected chi connectivity index (χ1v) is 5.04. The van der Waals surface area contributed by atoms with Crippen LogP contribution in [0.1, 0.15) is 41.5 Å². The number of nitrogens with one attached hydrogen (secondary N) is 1. The van der Waals surface area contributed by atoms with Gasteiger partial charge in [-0.3, -0.25) is 9.59 Å². The van der Waals surface area contributed by atoms with Crippen LogP contribution in [0.4, 0.5) is 0 Å². The van der Waals surface area contributed by atoms with Gasteiger partial charge in [-0.15, -0.1) is 0 Å². The molecule has 0 aromatic heterocycles. The van der Waals surface area contributed by atoms with E-state index in [0.29, 0.717) is 0 Å². The molecule has 0 saturated heterocycles. The van der Waals surface area contributed by atoms with Gasteiger partial charge in [0.1, 0.15) is 11.2 Å². The smallest absolute Gasteiger partial charge is 0.233 e. The fourth-order valence-corrected chi connectivity index (χ4v) is 1.28. The van der Waals surface area contributed by atoms with Crippen molar-refractivity contribution in [2.24, 2.45) is 11.3 Å². The maximum absolute atomic E-state index is 11.7. The third-order valence-electron chi connectivity index (χ3n) is 2.13. The van der Waals surface area contributed by atoms with Crippen LogP contribution in [0.25, 0.3) is 0 Å². The molecule has 0 saturated carbocycles. The average molecular weight is 199 g/mol. The zero-order valence-corrected chi connectivity index (χ0v) is 9.97. The molecule has 0 aromatic carbocycles.